The van der Waals surface area contributed by atoms with E-state index in [-0.39, 0.29) is 13.2 Å². The van der Waals surface area contributed by atoms with E-state index >= 15 is 0 Å². The molecule has 0 aromatic carbocycles. The zero-order valence-electron chi connectivity index (χ0n) is 9.17. The molecule has 6 nitrogen and oxygen atoms in total. The van der Waals surface area contributed by atoms with Gasteiger partial charge in [-0.1, -0.05) is 0 Å². The van der Waals surface area contributed by atoms with Crippen molar-refractivity contribution in [2.24, 2.45) is 0 Å². The molecule has 1 saturated heterocycles. The molecule has 1 heterocycles. The molecular formula is C9H18O6. The highest BCUT2D eigenvalue weighted by molar-refractivity contribution is 4.97. The Morgan fingerprint density at radius 1 is 1.27 bits per heavy atom. The van der Waals surface area contributed by atoms with Gasteiger partial charge in [-0.15, -0.1) is 0 Å². The molecule has 0 unspecified atom stereocenters. The lowest BCUT2D eigenvalue weighted by Crippen LogP contribution is -2.48. The van der Waals surface area contributed by atoms with Gasteiger partial charge in [0, 0.05) is 21.3 Å². The van der Waals surface area contributed by atoms with Crippen molar-refractivity contribution in [2.75, 3.05) is 34.5 Å². The minimum absolute atomic E-state index is 0.0398. The molecule has 4 atom stereocenters. The molecule has 1 aliphatic heterocycles. The molecule has 1 aliphatic rings. The van der Waals surface area contributed by atoms with Crippen molar-refractivity contribution in [3.8, 4) is 0 Å². The van der Waals surface area contributed by atoms with E-state index in [2.05, 4.69) is 0 Å². The summed E-state index contributed by atoms with van der Waals surface area (Å²) in [6, 6.07) is 0. The summed E-state index contributed by atoms with van der Waals surface area (Å²) in [4.78, 5) is 0. The van der Waals surface area contributed by atoms with Crippen molar-refractivity contribution in [1.29, 1.82) is 0 Å². The molecule has 15 heavy (non-hydrogen) atoms. The van der Waals surface area contributed by atoms with E-state index in [0.717, 1.165) is 0 Å². The van der Waals surface area contributed by atoms with Gasteiger partial charge in [-0.3, -0.25) is 0 Å². The number of ether oxygens (including phenoxy) is 4. The number of rotatable bonds is 5. The Morgan fingerprint density at radius 2 is 1.93 bits per heavy atom. The van der Waals surface area contributed by atoms with Crippen molar-refractivity contribution in [2.45, 2.75) is 24.1 Å². The van der Waals surface area contributed by atoms with Crippen LogP contribution in [0.5, 0.6) is 0 Å². The summed E-state index contributed by atoms with van der Waals surface area (Å²) in [7, 11) is 4.36. The smallest absolute Gasteiger partial charge is 0.219 e. The monoisotopic (exact) mass is 222 g/mol. The molecule has 0 spiro atoms. The topological polar surface area (TPSA) is 77.4 Å². The highest BCUT2D eigenvalue weighted by atomic mass is 16.7. The second kappa shape index (κ2) is 5.20. The third-order valence-electron chi connectivity index (χ3n) is 2.52. The molecule has 0 amide bonds. The van der Waals surface area contributed by atoms with Crippen molar-refractivity contribution in [1.82, 2.24) is 0 Å². The van der Waals surface area contributed by atoms with Crippen LogP contribution in [-0.4, -0.2) is 68.9 Å². The van der Waals surface area contributed by atoms with Gasteiger partial charge >= 0.3 is 0 Å². The van der Waals surface area contributed by atoms with Crippen molar-refractivity contribution in [3.05, 3.63) is 0 Å². The molecule has 6 heteroatoms. The minimum atomic E-state index is -1.57. The zero-order chi connectivity index (χ0) is 11.5. The first-order chi connectivity index (χ1) is 7.12. The predicted octanol–water partition coefficient (Wildman–Crippen LogP) is -1.26. The van der Waals surface area contributed by atoms with Crippen LogP contribution in [0, 0.1) is 0 Å². The number of hydrogen-bond acceptors (Lipinski definition) is 6. The fraction of sp³-hybridized carbons (Fsp3) is 1.00. The summed E-state index contributed by atoms with van der Waals surface area (Å²) in [5.74, 6) is -1.57. The van der Waals surface area contributed by atoms with Gasteiger partial charge in [0.05, 0.1) is 6.61 Å². The van der Waals surface area contributed by atoms with Crippen LogP contribution in [0.2, 0.25) is 0 Å². The van der Waals surface area contributed by atoms with Gasteiger partial charge in [-0.25, -0.2) is 0 Å². The van der Waals surface area contributed by atoms with Gasteiger partial charge in [0.2, 0.25) is 5.79 Å². The maximum Gasteiger partial charge on any atom is 0.219 e. The largest absolute Gasteiger partial charge is 0.394 e. The Balaban J connectivity index is 2.82. The van der Waals surface area contributed by atoms with Crippen LogP contribution in [0.25, 0.3) is 0 Å². The first kappa shape index (κ1) is 12.8. The zero-order valence-corrected chi connectivity index (χ0v) is 9.17. The molecule has 90 valence electrons. The molecule has 1 rings (SSSR count). The third kappa shape index (κ3) is 2.30. The first-order valence-electron chi connectivity index (χ1n) is 4.68. The normalized spacial score (nSPS) is 41.0. The fourth-order valence-electron chi connectivity index (χ4n) is 1.91. The van der Waals surface area contributed by atoms with Crippen LogP contribution in [-0.2, 0) is 18.9 Å². The SMILES string of the molecule is COC[C@@]1(O)O[C@H](CO)[C@@H](OC)[C@@H]1OC. The molecule has 0 bridgehead atoms. The molecule has 0 radical (unpaired) electrons. The van der Waals surface area contributed by atoms with Gasteiger partial charge < -0.3 is 29.2 Å². The van der Waals surface area contributed by atoms with Crippen LogP contribution in [0.15, 0.2) is 0 Å². The molecule has 0 aliphatic carbocycles. The number of methoxy groups -OCH3 is 3. The molecule has 0 saturated carbocycles. The maximum atomic E-state index is 10.1. The first-order valence-corrected chi connectivity index (χ1v) is 4.68. The Bertz CT molecular complexity index is 199. The Morgan fingerprint density at radius 3 is 2.33 bits per heavy atom. The lowest BCUT2D eigenvalue weighted by Gasteiger charge is -2.27. The summed E-state index contributed by atoms with van der Waals surface area (Å²) in [5.41, 5.74) is 0. The van der Waals surface area contributed by atoms with E-state index < -0.39 is 24.1 Å². The lowest BCUT2D eigenvalue weighted by atomic mass is 10.1. The highest BCUT2D eigenvalue weighted by Gasteiger charge is 2.55. The average Bonchev–Trinajstić information content (AvgIpc) is 2.50. The van der Waals surface area contributed by atoms with E-state index in [1.165, 1.54) is 21.3 Å². The van der Waals surface area contributed by atoms with Crippen LogP contribution in [0.4, 0.5) is 0 Å². The van der Waals surface area contributed by atoms with Crippen LogP contribution < -0.4 is 0 Å². The summed E-state index contributed by atoms with van der Waals surface area (Å²) in [6.45, 7) is -0.285. The van der Waals surface area contributed by atoms with Crippen molar-refractivity contribution in [3.63, 3.8) is 0 Å². The number of aliphatic hydroxyl groups is 2. The van der Waals surface area contributed by atoms with E-state index in [9.17, 15) is 5.11 Å². The highest BCUT2D eigenvalue weighted by Crippen LogP contribution is 2.32. The Labute approximate surface area is 88.7 Å². The second-order valence-corrected chi connectivity index (χ2v) is 3.47. The van der Waals surface area contributed by atoms with Crippen LogP contribution in [0.1, 0.15) is 0 Å². The number of hydrogen-bond donors (Lipinski definition) is 2. The molecular weight excluding hydrogens is 204 g/mol. The number of aliphatic hydroxyl groups excluding tert-OH is 1. The third-order valence-corrected chi connectivity index (χ3v) is 2.52. The van der Waals surface area contributed by atoms with Gasteiger partial charge in [0.25, 0.3) is 0 Å². The Hall–Kier alpha value is -0.240. The van der Waals surface area contributed by atoms with E-state index in [1.54, 1.807) is 0 Å². The lowest BCUT2D eigenvalue weighted by molar-refractivity contribution is -0.256. The Kier molecular flexibility index (Phi) is 4.45. The predicted molar refractivity (Wildman–Crippen MR) is 50.4 cm³/mol. The molecule has 1 fully saturated rings. The van der Waals surface area contributed by atoms with Crippen LogP contribution in [0.3, 0.4) is 0 Å². The van der Waals surface area contributed by atoms with Crippen molar-refractivity contribution < 1.29 is 29.2 Å². The van der Waals surface area contributed by atoms with Gasteiger partial charge in [0.15, 0.2) is 0 Å². The second-order valence-electron chi connectivity index (χ2n) is 3.47. The molecule has 2 N–H and O–H groups in total. The van der Waals surface area contributed by atoms with Crippen LogP contribution >= 0.6 is 0 Å². The van der Waals surface area contributed by atoms with Gasteiger partial charge in [-0.05, 0) is 0 Å². The molecule has 0 aromatic heterocycles. The summed E-state index contributed by atoms with van der Waals surface area (Å²) in [6.07, 6.45) is -1.81. The minimum Gasteiger partial charge on any atom is -0.394 e. The summed E-state index contributed by atoms with van der Waals surface area (Å²) < 4.78 is 20.4. The maximum absolute atomic E-state index is 10.1. The van der Waals surface area contributed by atoms with Gasteiger partial charge in [-0.2, -0.15) is 0 Å². The van der Waals surface area contributed by atoms with E-state index in [0.29, 0.717) is 0 Å². The molecule has 0 aromatic rings. The summed E-state index contributed by atoms with van der Waals surface area (Å²) >= 11 is 0. The fourth-order valence-corrected chi connectivity index (χ4v) is 1.91. The van der Waals surface area contributed by atoms with Gasteiger partial charge in [0.1, 0.15) is 24.9 Å². The quantitative estimate of drug-likeness (QED) is 0.605. The van der Waals surface area contributed by atoms with E-state index in [4.69, 9.17) is 24.1 Å². The van der Waals surface area contributed by atoms with Crippen molar-refractivity contribution >= 4 is 0 Å². The average molecular weight is 222 g/mol. The van der Waals surface area contributed by atoms with E-state index in [1.807, 2.05) is 0 Å². The summed E-state index contributed by atoms with van der Waals surface area (Å²) in [5, 5.41) is 19.2. The standard InChI is InChI=1S/C9H18O6/c1-12-5-9(11)8(14-3)7(13-2)6(4-10)15-9/h6-8,10-11H,4-5H2,1-3H3/t6-,7-,8+,9-/m1/s1.